The van der Waals surface area contributed by atoms with Gasteiger partial charge in [-0.25, -0.2) is 0 Å². The van der Waals surface area contributed by atoms with Crippen molar-refractivity contribution in [3.63, 3.8) is 0 Å². The van der Waals surface area contributed by atoms with Gasteiger partial charge in [0.15, 0.2) is 0 Å². The molecule has 1 aliphatic heterocycles. The SMILES string of the molecule is O=C1OC2C=CCC2C1Cc1ccc2c(c1)C=CCC2. The molecule has 3 aliphatic rings. The fraction of sp³-hybridized carbons (Fsp3) is 0.389. The first-order valence-corrected chi connectivity index (χ1v) is 7.47. The molecule has 0 radical (unpaired) electrons. The van der Waals surface area contributed by atoms with Crippen molar-refractivity contribution in [2.45, 2.75) is 31.8 Å². The Morgan fingerprint density at radius 1 is 1.25 bits per heavy atom. The molecule has 2 heteroatoms. The van der Waals surface area contributed by atoms with Gasteiger partial charge in [0.05, 0.1) is 5.92 Å². The molecule has 0 amide bonds. The summed E-state index contributed by atoms with van der Waals surface area (Å²) in [4.78, 5) is 12.0. The van der Waals surface area contributed by atoms with Crippen LogP contribution in [-0.4, -0.2) is 12.1 Å². The highest BCUT2D eigenvalue weighted by Gasteiger charge is 2.44. The molecule has 1 saturated heterocycles. The zero-order chi connectivity index (χ0) is 13.5. The van der Waals surface area contributed by atoms with Gasteiger partial charge in [-0.2, -0.15) is 0 Å². The summed E-state index contributed by atoms with van der Waals surface area (Å²) in [5.74, 6) is 0.368. The second-order valence-electron chi connectivity index (χ2n) is 6.01. The van der Waals surface area contributed by atoms with Gasteiger partial charge in [-0.1, -0.05) is 36.4 Å². The average molecular weight is 266 g/mol. The molecule has 1 aromatic rings. The third-order valence-corrected chi connectivity index (χ3v) is 4.77. The van der Waals surface area contributed by atoms with E-state index in [4.69, 9.17) is 4.74 Å². The first-order chi connectivity index (χ1) is 9.81. The van der Waals surface area contributed by atoms with Crippen LogP contribution in [0.5, 0.6) is 0 Å². The van der Waals surface area contributed by atoms with Gasteiger partial charge in [0.25, 0.3) is 0 Å². The van der Waals surface area contributed by atoms with Crippen molar-refractivity contribution in [3.8, 4) is 0 Å². The molecule has 2 aliphatic carbocycles. The maximum absolute atomic E-state index is 12.0. The number of carbonyl (C=O) groups excluding carboxylic acids is 1. The number of rotatable bonds is 2. The summed E-state index contributed by atoms with van der Waals surface area (Å²) >= 11 is 0. The van der Waals surface area contributed by atoms with Gasteiger partial charge in [0, 0.05) is 5.92 Å². The highest BCUT2D eigenvalue weighted by molar-refractivity contribution is 5.76. The minimum atomic E-state index is -0.0161. The predicted octanol–water partition coefficient (Wildman–Crippen LogP) is 3.31. The van der Waals surface area contributed by atoms with Crippen LogP contribution in [0.15, 0.2) is 36.4 Å². The Labute approximate surface area is 119 Å². The molecule has 1 fully saturated rings. The van der Waals surface area contributed by atoms with Gasteiger partial charge in [-0.15, -0.1) is 0 Å². The molecule has 0 aromatic heterocycles. The van der Waals surface area contributed by atoms with E-state index in [2.05, 4.69) is 36.4 Å². The van der Waals surface area contributed by atoms with Gasteiger partial charge < -0.3 is 4.74 Å². The Kier molecular flexibility index (Phi) is 2.76. The summed E-state index contributed by atoms with van der Waals surface area (Å²) in [7, 11) is 0. The topological polar surface area (TPSA) is 26.3 Å². The highest BCUT2D eigenvalue weighted by atomic mass is 16.6. The molecule has 0 spiro atoms. The van der Waals surface area contributed by atoms with E-state index in [-0.39, 0.29) is 18.0 Å². The van der Waals surface area contributed by atoms with Crippen LogP contribution in [0, 0.1) is 11.8 Å². The lowest BCUT2D eigenvalue weighted by atomic mass is 9.85. The Morgan fingerprint density at radius 3 is 3.15 bits per heavy atom. The average Bonchev–Trinajstić information content (AvgIpc) is 3.02. The summed E-state index contributed by atoms with van der Waals surface area (Å²) in [5, 5.41) is 0. The number of esters is 1. The summed E-state index contributed by atoms with van der Waals surface area (Å²) in [5.41, 5.74) is 4.00. The van der Waals surface area contributed by atoms with E-state index < -0.39 is 0 Å². The van der Waals surface area contributed by atoms with Crippen molar-refractivity contribution in [2.75, 3.05) is 0 Å². The third-order valence-electron chi connectivity index (χ3n) is 4.77. The molecular formula is C18H18O2. The van der Waals surface area contributed by atoms with E-state index >= 15 is 0 Å². The van der Waals surface area contributed by atoms with Crippen molar-refractivity contribution in [1.29, 1.82) is 0 Å². The fourth-order valence-corrected chi connectivity index (χ4v) is 3.65. The van der Waals surface area contributed by atoms with Crippen LogP contribution in [-0.2, 0) is 22.4 Å². The number of fused-ring (bicyclic) bond motifs is 2. The predicted molar refractivity (Wildman–Crippen MR) is 78.1 cm³/mol. The normalized spacial score (nSPS) is 30.2. The van der Waals surface area contributed by atoms with E-state index in [1.807, 2.05) is 6.08 Å². The Hall–Kier alpha value is -1.83. The third kappa shape index (κ3) is 1.91. The second kappa shape index (κ2) is 4.62. The lowest BCUT2D eigenvalue weighted by Crippen LogP contribution is -2.19. The number of benzene rings is 1. The molecule has 1 aromatic carbocycles. The molecule has 102 valence electrons. The number of allylic oxidation sites excluding steroid dienone is 2. The molecule has 0 saturated carbocycles. The Balaban J connectivity index is 1.57. The molecule has 3 unspecified atom stereocenters. The summed E-state index contributed by atoms with van der Waals surface area (Å²) in [6, 6.07) is 6.65. The Bertz CT molecular complexity index is 612. The number of hydrogen-bond acceptors (Lipinski definition) is 2. The number of ether oxygens (including phenoxy) is 1. The molecule has 3 atom stereocenters. The van der Waals surface area contributed by atoms with Crippen molar-refractivity contribution < 1.29 is 9.53 Å². The smallest absolute Gasteiger partial charge is 0.310 e. The van der Waals surface area contributed by atoms with E-state index in [9.17, 15) is 4.79 Å². The zero-order valence-electron chi connectivity index (χ0n) is 11.4. The molecule has 2 nitrogen and oxygen atoms in total. The van der Waals surface area contributed by atoms with Gasteiger partial charge in [-0.05, 0) is 48.4 Å². The fourth-order valence-electron chi connectivity index (χ4n) is 3.65. The van der Waals surface area contributed by atoms with E-state index in [1.54, 1.807) is 0 Å². The number of aryl methyl sites for hydroxylation is 1. The van der Waals surface area contributed by atoms with Crippen LogP contribution in [0.4, 0.5) is 0 Å². The lowest BCUT2D eigenvalue weighted by molar-refractivity contribution is -0.143. The summed E-state index contributed by atoms with van der Waals surface area (Å²) < 4.78 is 5.44. The molecular weight excluding hydrogens is 248 g/mol. The summed E-state index contributed by atoms with van der Waals surface area (Å²) in [6.45, 7) is 0. The standard InChI is InChI=1S/C18H18O2/c19-18-16(15-6-3-7-17(15)20-18)11-12-8-9-13-4-1-2-5-14(13)10-12/h2-3,5,7-10,15-17H,1,4,6,11H2. The van der Waals surface area contributed by atoms with Gasteiger partial charge in [0.1, 0.15) is 6.10 Å². The maximum atomic E-state index is 12.0. The highest BCUT2D eigenvalue weighted by Crippen LogP contribution is 2.38. The van der Waals surface area contributed by atoms with E-state index in [1.165, 1.54) is 16.7 Å². The largest absolute Gasteiger partial charge is 0.458 e. The van der Waals surface area contributed by atoms with Crippen LogP contribution in [0.1, 0.15) is 29.5 Å². The Morgan fingerprint density at radius 2 is 2.20 bits per heavy atom. The van der Waals surface area contributed by atoms with Crippen LogP contribution in [0.2, 0.25) is 0 Å². The van der Waals surface area contributed by atoms with Crippen molar-refractivity contribution in [1.82, 2.24) is 0 Å². The second-order valence-corrected chi connectivity index (χ2v) is 6.01. The molecule has 0 bridgehead atoms. The van der Waals surface area contributed by atoms with Crippen molar-refractivity contribution in [3.05, 3.63) is 53.1 Å². The van der Waals surface area contributed by atoms with Crippen molar-refractivity contribution >= 4 is 12.0 Å². The molecule has 20 heavy (non-hydrogen) atoms. The molecule has 0 N–H and O–H groups in total. The van der Waals surface area contributed by atoms with E-state index in [0.29, 0.717) is 5.92 Å². The van der Waals surface area contributed by atoms with Crippen LogP contribution in [0.3, 0.4) is 0 Å². The van der Waals surface area contributed by atoms with Crippen LogP contribution in [0.25, 0.3) is 6.08 Å². The first-order valence-electron chi connectivity index (χ1n) is 7.47. The minimum absolute atomic E-state index is 0.0161. The van der Waals surface area contributed by atoms with Crippen LogP contribution >= 0.6 is 0 Å². The van der Waals surface area contributed by atoms with Crippen LogP contribution < -0.4 is 0 Å². The zero-order valence-corrected chi connectivity index (χ0v) is 11.4. The van der Waals surface area contributed by atoms with Gasteiger partial charge in [0.2, 0.25) is 0 Å². The van der Waals surface area contributed by atoms with E-state index in [0.717, 1.165) is 25.7 Å². The minimum Gasteiger partial charge on any atom is -0.458 e. The maximum Gasteiger partial charge on any atom is 0.310 e. The monoisotopic (exact) mass is 266 g/mol. The number of carbonyl (C=O) groups is 1. The molecule has 1 heterocycles. The number of hydrogen-bond donors (Lipinski definition) is 0. The van der Waals surface area contributed by atoms with Gasteiger partial charge >= 0.3 is 5.97 Å². The van der Waals surface area contributed by atoms with Crippen molar-refractivity contribution in [2.24, 2.45) is 11.8 Å². The van der Waals surface area contributed by atoms with Gasteiger partial charge in [-0.3, -0.25) is 4.79 Å². The lowest BCUT2D eigenvalue weighted by Gasteiger charge is -2.16. The summed E-state index contributed by atoms with van der Waals surface area (Å²) in [6.07, 6.45) is 12.7. The quantitative estimate of drug-likeness (QED) is 0.606. The molecule has 4 rings (SSSR count). The first kappa shape index (κ1) is 12.0.